The summed E-state index contributed by atoms with van der Waals surface area (Å²) < 4.78 is 35.0. The summed E-state index contributed by atoms with van der Waals surface area (Å²) in [7, 11) is -4.76. The van der Waals surface area contributed by atoms with E-state index in [-0.39, 0.29) is 17.2 Å². The highest BCUT2D eigenvalue weighted by Crippen LogP contribution is 2.14. The first-order chi connectivity index (χ1) is 10.3. The summed E-state index contributed by atoms with van der Waals surface area (Å²) in [6.45, 7) is 4.91. The van der Waals surface area contributed by atoms with Crippen molar-refractivity contribution in [2.45, 2.75) is 13.8 Å². The molecule has 0 fully saturated rings. The minimum Gasteiger partial charge on any atom is -0.870 e. The lowest BCUT2D eigenvalue weighted by Gasteiger charge is -2.19. The summed E-state index contributed by atoms with van der Waals surface area (Å²) >= 11 is 0. The van der Waals surface area contributed by atoms with Gasteiger partial charge in [0.25, 0.3) is 0 Å². The Kier molecular flexibility index (Phi) is 8.00. The van der Waals surface area contributed by atoms with Crippen LogP contribution in [-0.2, 0) is 10.4 Å². The van der Waals surface area contributed by atoms with Crippen molar-refractivity contribution in [2.24, 2.45) is 0 Å². The van der Waals surface area contributed by atoms with Gasteiger partial charge in [-0.25, -0.2) is 4.28 Å². The van der Waals surface area contributed by atoms with E-state index in [9.17, 15) is 8.42 Å². The number of hydrogen-bond acceptors (Lipinski definition) is 8. The Labute approximate surface area is 134 Å². The molecule has 0 unspecified atom stereocenters. The van der Waals surface area contributed by atoms with Gasteiger partial charge in [-0.15, -0.1) is 0 Å². The molecule has 23 heavy (non-hydrogen) atoms. The number of rotatable bonds is 7. The van der Waals surface area contributed by atoms with Gasteiger partial charge in [-0.3, -0.25) is 4.55 Å². The van der Waals surface area contributed by atoms with Crippen LogP contribution >= 0.6 is 0 Å². The van der Waals surface area contributed by atoms with Crippen LogP contribution in [0.4, 0.5) is 17.6 Å². The number of nitrogen functional groups attached to an aromatic ring is 2. The maximum atomic E-state index is 10.8. The van der Waals surface area contributed by atoms with Crippen LogP contribution in [0.5, 0.6) is 0 Å². The van der Waals surface area contributed by atoms with Crippen LogP contribution < -0.4 is 25.4 Å². The van der Waals surface area contributed by atoms with Crippen molar-refractivity contribution < 1.29 is 27.5 Å². The average molecular weight is 347 g/mol. The molecule has 0 aliphatic rings. The number of anilines is 3. The van der Waals surface area contributed by atoms with Gasteiger partial charge in [0.15, 0.2) is 5.82 Å². The third kappa shape index (κ3) is 6.50. The molecule has 11 heteroatoms. The van der Waals surface area contributed by atoms with Gasteiger partial charge < -0.3 is 21.8 Å². The molecule has 1 aromatic heterocycles. The molecular formula is C12H21N5O5S. The number of hydrogen-bond donors (Lipinski definition) is 3. The first-order valence-corrected chi connectivity index (χ1v) is 7.77. The molecule has 1 heterocycles. The Bertz CT molecular complexity index is 637. The fraction of sp³-hybridized carbons (Fsp3) is 0.333. The molecule has 0 aliphatic carbocycles. The van der Waals surface area contributed by atoms with Crippen LogP contribution in [0.15, 0.2) is 30.4 Å². The highest BCUT2D eigenvalue weighted by molar-refractivity contribution is 7.80. The first-order valence-electron chi connectivity index (χ1n) is 6.41. The van der Waals surface area contributed by atoms with Gasteiger partial charge in [0.2, 0.25) is 5.82 Å². The maximum absolute atomic E-state index is 10.8. The van der Waals surface area contributed by atoms with E-state index in [4.69, 9.17) is 16.0 Å². The summed E-state index contributed by atoms with van der Waals surface area (Å²) in [5, 5.41) is 0. The topological polar surface area (TPSA) is 166 Å². The van der Waals surface area contributed by atoms with Crippen LogP contribution in [0.1, 0.15) is 13.8 Å². The number of nitrogens with zero attached hydrogens (tertiary/aromatic N) is 3. The van der Waals surface area contributed by atoms with Crippen LogP contribution in [0.3, 0.4) is 0 Å². The Morgan fingerprint density at radius 3 is 2.22 bits per heavy atom. The summed E-state index contributed by atoms with van der Waals surface area (Å²) in [5.41, 5.74) is 11.3. The largest absolute Gasteiger partial charge is 0.870 e. The van der Waals surface area contributed by atoms with Crippen molar-refractivity contribution in [2.75, 3.05) is 29.5 Å². The highest BCUT2D eigenvalue weighted by Gasteiger charge is 2.21. The van der Waals surface area contributed by atoms with Gasteiger partial charge in [-0.2, -0.15) is 8.42 Å². The van der Waals surface area contributed by atoms with E-state index in [0.29, 0.717) is 23.6 Å². The summed E-state index contributed by atoms with van der Waals surface area (Å²) in [6.07, 6.45) is 7.63. The first kappa shape index (κ1) is 20.6. The van der Waals surface area contributed by atoms with E-state index in [2.05, 4.69) is 9.27 Å². The molecule has 0 saturated heterocycles. The normalized spacial score (nSPS) is 11.6. The molecule has 0 aliphatic heterocycles. The number of nitrogens with two attached hydrogens (primary N) is 2. The van der Waals surface area contributed by atoms with Gasteiger partial charge in [0.1, 0.15) is 0 Å². The van der Waals surface area contributed by atoms with E-state index in [1.807, 2.05) is 43.1 Å². The van der Waals surface area contributed by atoms with Crippen molar-refractivity contribution in [3.8, 4) is 0 Å². The van der Waals surface area contributed by atoms with Gasteiger partial charge in [-0.05, 0) is 18.6 Å². The summed E-state index contributed by atoms with van der Waals surface area (Å²) in [6, 6.07) is 1.40. The van der Waals surface area contributed by atoms with E-state index in [1.54, 1.807) is 0 Å². The van der Waals surface area contributed by atoms with Crippen LogP contribution in [0.2, 0.25) is 0 Å². The Morgan fingerprint density at radius 2 is 1.83 bits per heavy atom. The third-order valence-corrected chi connectivity index (χ3v) is 2.90. The quantitative estimate of drug-likeness (QED) is 0.336. The molecule has 0 aromatic carbocycles. The second kappa shape index (κ2) is 8.92. The smallest absolute Gasteiger partial charge is 0.474 e. The standard InChI is InChI=1S/C12H19N5O4S.H2O/c1-3-5-7-16(8-6-4-2)11-9-10(13)17(12(14)15-11)21-22(18,19)20;/h3-6,9H,7-8H2,1-2H3,(H4,13,14,15,18,19,20);1H2. The molecule has 0 atom stereocenters. The van der Waals surface area contributed by atoms with E-state index in [0.717, 1.165) is 0 Å². The number of allylic oxidation sites excluding steroid dienone is 2. The predicted octanol–water partition coefficient (Wildman–Crippen LogP) is -0.453. The lowest BCUT2D eigenvalue weighted by Crippen LogP contribution is -2.50. The summed E-state index contributed by atoms with van der Waals surface area (Å²) in [4.78, 5) is 5.91. The molecule has 0 bridgehead atoms. The molecule has 0 radical (unpaired) electrons. The molecular weight excluding hydrogens is 326 g/mol. The maximum Gasteiger partial charge on any atom is 0.474 e. The summed E-state index contributed by atoms with van der Waals surface area (Å²) in [5.74, 6) is 0.0195. The minimum atomic E-state index is -4.76. The lowest BCUT2D eigenvalue weighted by atomic mass is 10.3. The van der Waals surface area contributed by atoms with E-state index in [1.165, 1.54) is 6.07 Å². The molecule has 6 N–H and O–H groups in total. The van der Waals surface area contributed by atoms with Crippen molar-refractivity contribution in [1.82, 2.24) is 4.98 Å². The Balaban J connectivity index is 0.00000484. The molecule has 10 nitrogen and oxygen atoms in total. The average Bonchev–Trinajstić information content (AvgIpc) is 2.42. The second-order valence-electron chi connectivity index (χ2n) is 4.24. The zero-order valence-electron chi connectivity index (χ0n) is 12.8. The Morgan fingerprint density at radius 1 is 1.30 bits per heavy atom. The predicted molar refractivity (Wildman–Crippen MR) is 85.2 cm³/mol. The third-order valence-electron chi connectivity index (χ3n) is 2.56. The van der Waals surface area contributed by atoms with Gasteiger partial charge in [0, 0.05) is 13.1 Å². The van der Waals surface area contributed by atoms with E-state index < -0.39 is 10.4 Å². The van der Waals surface area contributed by atoms with Crippen LogP contribution in [-0.4, -0.2) is 36.5 Å². The van der Waals surface area contributed by atoms with Gasteiger partial charge >= 0.3 is 16.3 Å². The zero-order valence-corrected chi connectivity index (χ0v) is 13.6. The lowest BCUT2D eigenvalue weighted by molar-refractivity contribution is -0.835. The fourth-order valence-corrected chi connectivity index (χ4v) is 1.93. The van der Waals surface area contributed by atoms with E-state index >= 15 is 0 Å². The molecule has 130 valence electrons. The molecule has 1 aromatic rings. The molecule has 0 amide bonds. The molecule has 0 saturated carbocycles. The van der Waals surface area contributed by atoms with Crippen molar-refractivity contribution in [1.29, 1.82) is 0 Å². The van der Waals surface area contributed by atoms with Crippen LogP contribution in [0, 0.1) is 0 Å². The SMILES string of the molecule is CC=CCN(CC=CC)c1cc(N)[n+](OS(=O)(=O)O)c(N)n1.[OH-]. The highest BCUT2D eigenvalue weighted by atomic mass is 32.3. The minimum absolute atomic E-state index is 0. The van der Waals surface area contributed by atoms with Crippen molar-refractivity contribution in [3.63, 3.8) is 0 Å². The van der Waals surface area contributed by atoms with Crippen molar-refractivity contribution >= 4 is 28.0 Å². The second-order valence-corrected chi connectivity index (χ2v) is 5.24. The fourth-order valence-electron chi connectivity index (χ4n) is 1.58. The van der Waals surface area contributed by atoms with Crippen molar-refractivity contribution in [3.05, 3.63) is 30.4 Å². The molecule has 1 rings (SSSR count). The Hall–Kier alpha value is -2.37. The monoisotopic (exact) mass is 347 g/mol. The molecule has 0 spiro atoms. The number of aromatic nitrogens is 2. The zero-order chi connectivity index (χ0) is 16.8. The van der Waals surface area contributed by atoms with Gasteiger partial charge in [0.05, 0.1) is 6.07 Å². The van der Waals surface area contributed by atoms with Crippen LogP contribution in [0.25, 0.3) is 0 Å². The van der Waals surface area contributed by atoms with Gasteiger partial charge in [-0.1, -0.05) is 29.3 Å².